The molecule has 1 aromatic heterocycles. The summed E-state index contributed by atoms with van der Waals surface area (Å²) in [6, 6.07) is 25.1. The van der Waals surface area contributed by atoms with Crippen molar-refractivity contribution in [2.45, 2.75) is 59.3 Å². The maximum atomic E-state index is 11.5. The molecule has 4 rings (SSSR count). The lowest BCUT2D eigenvalue weighted by Gasteiger charge is -2.11. The molecule has 0 spiro atoms. The van der Waals surface area contributed by atoms with Crippen LogP contribution >= 0.6 is 0 Å². The summed E-state index contributed by atoms with van der Waals surface area (Å²) in [5.74, 6) is 0. The molecule has 0 bridgehead atoms. The van der Waals surface area contributed by atoms with Crippen LogP contribution < -0.4 is 0 Å². The number of aryl methyl sites for hydroxylation is 2. The third kappa shape index (κ3) is 6.07. The predicted molar refractivity (Wildman–Crippen MR) is 143 cm³/mol. The van der Waals surface area contributed by atoms with E-state index in [4.69, 9.17) is 9.84 Å². The number of ether oxygens (including phenoxy) is 1. The molecular weight excluding hydrogens is 450 g/mol. The standard InChI is InChI=1S/C30H33N3O3/c1-3-5-14-28-27(30(32(4-2)31-28)22-36-21-24-11-7-6-8-12-24)20-23-16-18-25(19-17-23)26-13-9-10-15-29(26)33(34)35/h6-13,15-19H,3-5,14,20-22H2,1-2H3. The molecule has 1 heterocycles. The Morgan fingerprint density at radius 1 is 0.889 bits per heavy atom. The molecule has 6 nitrogen and oxygen atoms in total. The molecule has 0 saturated carbocycles. The highest BCUT2D eigenvalue weighted by atomic mass is 16.6. The van der Waals surface area contributed by atoms with Gasteiger partial charge in [0.05, 0.1) is 35.1 Å². The van der Waals surface area contributed by atoms with Crippen molar-refractivity contribution in [2.75, 3.05) is 0 Å². The fraction of sp³-hybridized carbons (Fsp3) is 0.300. The fourth-order valence-electron chi connectivity index (χ4n) is 4.48. The summed E-state index contributed by atoms with van der Waals surface area (Å²) in [5.41, 5.74) is 7.39. The Balaban J connectivity index is 1.58. The number of nitrogens with zero attached hydrogens (tertiary/aromatic N) is 3. The number of unbranched alkanes of at least 4 members (excludes halogenated alkanes) is 1. The van der Waals surface area contributed by atoms with Gasteiger partial charge >= 0.3 is 0 Å². The van der Waals surface area contributed by atoms with Gasteiger partial charge in [-0.05, 0) is 42.5 Å². The number of benzene rings is 3. The van der Waals surface area contributed by atoms with Crippen LogP contribution in [0, 0.1) is 10.1 Å². The van der Waals surface area contributed by atoms with Crippen molar-refractivity contribution in [1.29, 1.82) is 0 Å². The zero-order valence-corrected chi connectivity index (χ0v) is 21.0. The number of hydrogen-bond donors (Lipinski definition) is 0. The Labute approximate surface area is 212 Å². The summed E-state index contributed by atoms with van der Waals surface area (Å²) in [6.07, 6.45) is 3.90. The molecule has 0 radical (unpaired) electrons. The Morgan fingerprint density at radius 2 is 1.61 bits per heavy atom. The molecule has 0 N–H and O–H groups in total. The Kier molecular flexibility index (Phi) is 8.63. The van der Waals surface area contributed by atoms with Gasteiger partial charge in [0.2, 0.25) is 0 Å². The van der Waals surface area contributed by atoms with E-state index in [1.165, 1.54) is 5.56 Å². The van der Waals surface area contributed by atoms with E-state index < -0.39 is 0 Å². The predicted octanol–water partition coefficient (Wildman–Crippen LogP) is 7.13. The smallest absolute Gasteiger partial charge is 0.277 e. The van der Waals surface area contributed by atoms with E-state index >= 15 is 0 Å². The average molecular weight is 484 g/mol. The van der Waals surface area contributed by atoms with Crippen LogP contribution in [-0.4, -0.2) is 14.7 Å². The van der Waals surface area contributed by atoms with Crippen LogP contribution in [0.25, 0.3) is 11.1 Å². The summed E-state index contributed by atoms with van der Waals surface area (Å²) in [6.45, 7) is 6.17. The van der Waals surface area contributed by atoms with Crippen LogP contribution in [0.1, 0.15) is 54.8 Å². The maximum Gasteiger partial charge on any atom is 0.277 e. The molecule has 6 heteroatoms. The minimum atomic E-state index is -0.329. The fourth-order valence-corrected chi connectivity index (χ4v) is 4.48. The SMILES string of the molecule is CCCCc1nn(CC)c(COCc2ccccc2)c1Cc1ccc(-c2ccccc2[N+](=O)[O-])cc1. The largest absolute Gasteiger partial charge is 0.370 e. The van der Waals surface area contributed by atoms with E-state index in [2.05, 4.69) is 42.8 Å². The molecule has 4 aromatic rings. The average Bonchev–Trinajstić information content (AvgIpc) is 3.24. The second-order valence-electron chi connectivity index (χ2n) is 8.92. The van der Waals surface area contributed by atoms with Crippen molar-refractivity contribution in [3.63, 3.8) is 0 Å². The Morgan fingerprint density at radius 3 is 2.31 bits per heavy atom. The maximum absolute atomic E-state index is 11.5. The van der Waals surface area contributed by atoms with Crippen LogP contribution in [0.2, 0.25) is 0 Å². The molecular formula is C30H33N3O3. The van der Waals surface area contributed by atoms with Crippen LogP contribution in [0.3, 0.4) is 0 Å². The molecule has 0 atom stereocenters. The van der Waals surface area contributed by atoms with Crippen LogP contribution in [0.15, 0.2) is 78.9 Å². The summed E-state index contributed by atoms with van der Waals surface area (Å²) in [4.78, 5) is 11.1. The molecule has 186 valence electrons. The highest BCUT2D eigenvalue weighted by molar-refractivity contribution is 5.73. The molecule has 0 saturated heterocycles. The van der Waals surface area contributed by atoms with Gasteiger partial charge in [0.25, 0.3) is 5.69 Å². The first-order chi connectivity index (χ1) is 17.6. The third-order valence-electron chi connectivity index (χ3n) is 6.41. The first kappa shape index (κ1) is 25.3. The lowest BCUT2D eigenvalue weighted by molar-refractivity contribution is -0.384. The van der Waals surface area contributed by atoms with Crippen molar-refractivity contribution in [1.82, 2.24) is 9.78 Å². The van der Waals surface area contributed by atoms with E-state index in [0.29, 0.717) is 18.8 Å². The zero-order valence-electron chi connectivity index (χ0n) is 21.0. The molecule has 0 aliphatic carbocycles. The van der Waals surface area contributed by atoms with E-state index in [9.17, 15) is 10.1 Å². The third-order valence-corrected chi connectivity index (χ3v) is 6.41. The van der Waals surface area contributed by atoms with E-state index in [1.54, 1.807) is 18.2 Å². The van der Waals surface area contributed by atoms with Crippen molar-refractivity contribution in [3.8, 4) is 11.1 Å². The first-order valence-corrected chi connectivity index (χ1v) is 12.6. The van der Waals surface area contributed by atoms with Gasteiger partial charge in [-0.2, -0.15) is 5.10 Å². The number of nitro groups is 1. The van der Waals surface area contributed by atoms with Crippen LogP contribution in [0.4, 0.5) is 5.69 Å². The molecule has 36 heavy (non-hydrogen) atoms. The van der Waals surface area contributed by atoms with Gasteiger partial charge in [0, 0.05) is 24.6 Å². The lowest BCUT2D eigenvalue weighted by atomic mass is 9.97. The zero-order chi connectivity index (χ0) is 25.3. The van der Waals surface area contributed by atoms with E-state index in [0.717, 1.165) is 60.3 Å². The monoisotopic (exact) mass is 483 g/mol. The Bertz CT molecular complexity index is 1280. The minimum Gasteiger partial charge on any atom is -0.370 e. The van der Waals surface area contributed by atoms with E-state index in [1.807, 2.05) is 36.4 Å². The van der Waals surface area contributed by atoms with Crippen molar-refractivity contribution in [3.05, 3.63) is 117 Å². The second kappa shape index (κ2) is 12.3. The summed E-state index contributed by atoms with van der Waals surface area (Å²) in [5, 5.41) is 16.4. The van der Waals surface area contributed by atoms with Crippen LogP contribution in [0.5, 0.6) is 0 Å². The van der Waals surface area contributed by atoms with Crippen molar-refractivity contribution < 1.29 is 9.66 Å². The van der Waals surface area contributed by atoms with Gasteiger partial charge in [-0.1, -0.05) is 80.1 Å². The van der Waals surface area contributed by atoms with Gasteiger partial charge in [-0.3, -0.25) is 14.8 Å². The van der Waals surface area contributed by atoms with Gasteiger partial charge in [0.1, 0.15) is 0 Å². The minimum absolute atomic E-state index is 0.120. The van der Waals surface area contributed by atoms with Crippen molar-refractivity contribution >= 4 is 5.69 Å². The van der Waals surface area contributed by atoms with Gasteiger partial charge in [0.15, 0.2) is 0 Å². The second-order valence-corrected chi connectivity index (χ2v) is 8.92. The highest BCUT2D eigenvalue weighted by Gasteiger charge is 2.19. The van der Waals surface area contributed by atoms with Gasteiger partial charge < -0.3 is 4.74 Å². The first-order valence-electron chi connectivity index (χ1n) is 12.6. The Hall–Kier alpha value is -3.77. The quantitative estimate of drug-likeness (QED) is 0.159. The number of nitro benzene ring substituents is 1. The number of para-hydroxylation sites is 1. The van der Waals surface area contributed by atoms with Crippen molar-refractivity contribution in [2.24, 2.45) is 0 Å². The normalized spacial score (nSPS) is 11.1. The molecule has 3 aromatic carbocycles. The van der Waals surface area contributed by atoms with Crippen LogP contribution in [-0.2, 0) is 37.3 Å². The summed E-state index contributed by atoms with van der Waals surface area (Å²) >= 11 is 0. The molecule has 0 fully saturated rings. The van der Waals surface area contributed by atoms with Gasteiger partial charge in [-0.25, -0.2) is 0 Å². The van der Waals surface area contributed by atoms with Gasteiger partial charge in [-0.15, -0.1) is 0 Å². The number of hydrogen-bond acceptors (Lipinski definition) is 4. The highest BCUT2D eigenvalue weighted by Crippen LogP contribution is 2.30. The molecule has 0 amide bonds. The molecule has 0 unspecified atom stereocenters. The summed E-state index contributed by atoms with van der Waals surface area (Å²) < 4.78 is 8.21. The summed E-state index contributed by atoms with van der Waals surface area (Å²) in [7, 11) is 0. The van der Waals surface area contributed by atoms with E-state index in [-0.39, 0.29) is 10.6 Å². The molecule has 0 aliphatic heterocycles. The lowest BCUT2D eigenvalue weighted by Crippen LogP contribution is -2.07. The molecule has 0 aliphatic rings. The number of rotatable bonds is 12. The topological polar surface area (TPSA) is 70.2 Å². The number of aromatic nitrogens is 2.